The fraction of sp³-hybridized carbons (Fsp3) is 0.0800. The summed E-state index contributed by atoms with van der Waals surface area (Å²) in [7, 11) is 1.84. The maximum absolute atomic E-state index is 13.1. The SMILES string of the molecule is CN(C(=O)c1cccc(Cc2ccccc2)c1)c1cccc2ccccc12. The number of fused-ring (bicyclic) bond motifs is 1. The van der Waals surface area contributed by atoms with Crippen molar-refractivity contribution in [3.05, 3.63) is 114 Å². The number of nitrogens with zero attached hydrogens (tertiary/aromatic N) is 1. The molecule has 0 fully saturated rings. The molecule has 0 aliphatic rings. The molecule has 4 aromatic carbocycles. The normalized spacial score (nSPS) is 10.7. The van der Waals surface area contributed by atoms with Gasteiger partial charge in [0.1, 0.15) is 0 Å². The molecule has 2 nitrogen and oxygen atoms in total. The third-order valence-electron chi connectivity index (χ3n) is 4.86. The zero-order valence-electron chi connectivity index (χ0n) is 15.3. The number of carbonyl (C=O) groups is 1. The number of benzene rings is 4. The second-order valence-electron chi connectivity index (χ2n) is 6.73. The molecule has 4 rings (SSSR count). The Labute approximate surface area is 159 Å². The lowest BCUT2D eigenvalue weighted by Gasteiger charge is -2.20. The molecule has 0 bridgehead atoms. The van der Waals surface area contributed by atoms with Crippen LogP contribution in [0.25, 0.3) is 10.8 Å². The second-order valence-corrected chi connectivity index (χ2v) is 6.73. The quantitative estimate of drug-likeness (QED) is 0.461. The van der Waals surface area contributed by atoms with Gasteiger partial charge in [0.15, 0.2) is 0 Å². The molecule has 0 radical (unpaired) electrons. The van der Waals surface area contributed by atoms with Crippen molar-refractivity contribution in [1.29, 1.82) is 0 Å². The molecule has 0 saturated carbocycles. The number of hydrogen-bond acceptors (Lipinski definition) is 1. The van der Waals surface area contributed by atoms with Gasteiger partial charge >= 0.3 is 0 Å². The maximum Gasteiger partial charge on any atom is 0.258 e. The Kier molecular flexibility index (Phi) is 4.71. The summed E-state index contributed by atoms with van der Waals surface area (Å²) in [6.45, 7) is 0. The van der Waals surface area contributed by atoms with E-state index in [1.165, 1.54) is 5.56 Å². The molecule has 0 unspecified atom stereocenters. The molecule has 2 heteroatoms. The van der Waals surface area contributed by atoms with Crippen LogP contribution in [0.5, 0.6) is 0 Å². The first-order valence-electron chi connectivity index (χ1n) is 9.11. The van der Waals surface area contributed by atoms with E-state index in [-0.39, 0.29) is 5.91 Å². The van der Waals surface area contributed by atoms with E-state index in [0.717, 1.165) is 28.4 Å². The van der Waals surface area contributed by atoms with Gasteiger partial charge in [-0.25, -0.2) is 0 Å². The summed E-state index contributed by atoms with van der Waals surface area (Å²) in [4.78, 5) is 14.9. The zero-order chi connectivity index (χ0) is 18.6. The lowest BCUT2D eigenvalue weighted by molar-refractivity contribution is 0.0993. The van der Waals surface area contributed by atoms with Gasteiger partial charge in [0, 0.05) is 18.0 Å². The van der Waals surface area contributed by atoms with E-state index >= 15 is 0 Å². The molecule has 0 aliphatic heterocycles. The van der Waals surface area contributed by atoms with Gasteiger partial charge in [-0.05, 0) is 41.1 Å². The van der Waals surface area contributed by atoms with E-state index in [1.54, 1.807) is 4.90 Å². The van der Waals surface area contributed by atoms with Gasteiger partial charge in [0.2, 0.25) is 0 Å². The number of hydrogen-bond donors (Lipinski definition) is 0. The van der Waals surface area contributed by atoms with Crippen molar-refractivity contribution < 1.29 is 4.79 Å². The topological polar surface area (TPSA) is 20.3 Å². The van der Waals surface area contributed by atoms with E-state index in [4.69, 9.17) is 0 Å². The van der Waals surface area contributed by atoms with Gasteiger partial charge in [-0.1, -0.05) is 78.9 Å². The number of carbonyl (C=O) groups excluding carboxylic acids is 1. The predicted molar refractivity (Wildman–Crippen MR) is 112 cm³/mol. The maximum atomic E-state index is 13.1. The molecule has 27 heavy (non-hydrogen) atoms. The minimum Gasteiger partial charge on any atom is -0.311 e. The molecular weight excluding hydrogens is 330 g/mol. The summed E-state index contributed by atoms with van der Waals surface area (Å²) in [6.07, 6.45) is 0.819. The summed E-state index contributed by atoms with van der Waals surface area (Å²) < 4.78 is 0. The van der Waals surface area contributed by atoms with Crippen LogP contribution in [0.15, 0.2) is 97.1 Å². The number of rotatable bonds is 4. The van der Waals surface area contributed by atoms with Crippen molar-refractivity contribution >= 4 is 22.4 Å². The first kappa shape index (κ1) is 17.0. The highest BCUT2D eigenvalue weighted by atomic mass is 16.2. The van der Waals surface area contributed by atoms with Crippen LogP contribution in [0.4, 0.5) is 5.69 Å². The molecule has 0 aliphatic carbocycles. The fourth-order valence-corrected chi connectivity index (χ4v) is 3.45. The molecular formula is C25H21NO. The largest absolute Gasteiger partial charge is 0.311 e. The van der Waals surface area contributed by atoms with Crippen LogP contribution in [0.3, 0.4) is 0 Å². The molecule has 0 heterocycles. The Hall–Kier alpha value is -3.39. The fourth-order valence-electron chi connectivity index (χ4n) is 3.45. The summed E-state index contributed by atoms with van der Waals surface area (Å²) in [6, 6.07) is 32.4. The van der Waals surface area contributed by atoms with E-state index in [2.05, 4.69) is 36.4 Å². The Morgan fingerprint density at radius 1 is 0.741 bits per heavy atom. The van der Waals surface area contributed by atoms with Crippen molar-refractivity contribution in [2.75, 3.05) is 11.9 Å². The average Bonchev–Trinajstić information content (AvgIpc) is 2.73. The van der Waals surface area contributed by atoms with Crippen molar-refractivity contribution in [2.24, 2.45) is 0 Å². The third kappa shape index (κ3) is 3.61. The van der Waals surface area contributed by atoms with Crippen LogP contribution < -0.4 is 4.90 Å². The van der Waals surface area contributed by atoms with E-state index in [0.29, 0.717) is 5.56 Å². The Balaban J connectivity index is 1.63. The van der Waals surface area contributed by atoms with Crippen LogP contribution in [0, 0.1) is 0 Å². The van der Waals surface area contributed by atoms with Crippen molar-refractivity contribution in [3.63, 3.8) is 0 Å². The first-order valence-corrected chi connectivity index (χ1v) is 9.11. The Bertz CT molecular complexity index is 1080. The Morgan fingerprint density at radius 3 is 2.26 bits per heavy atom. The van der Waals surface area contributed by atoms with Crippen LogP contribution in [0.1, 0.15) is 21.5 Å². The summed E-state index contributed by atoms with van der Waals surface area (Å²) in [5.41, 5.74) is 4.01. The molecule has 0 saturated heterocycles. The summed E-state index contributed by atoms with van der Waals surface area (Å²) in [5, 5.41) is 2.21. The first-order chi connectivity index (χ1) is 13.2. The molecule has 0 atom stereocenters. The van der Waals surface area contributed by atoms with E-state index < -0.39 is 0 Å². The van der Waals surface area contributed by atoms with Gasteiger partial charge in [-0.15, -0.1) is 0 Å². The highest BCUT2D eigenvalue weighted by Gasteiger charge is 2.16. The van der Waals surface area contributed by atoms with E-state index in [1.807, 2.05) is 67.7 Å². The van der Waals surface area contributed by atoms with Crippen molar-refractivity contribution in [2.45, 2.75) is 6.42 Å². The smallest absolute Gasteiger partial charge is 0.258 e. The summed E-state index contributed by atoms with van der Waals surface area (Å²) in [5.74, 6) is 0.00117. The third-order valence-corrected chi connectivity index (χ3v) is 4.86. The van der Waals surface area contributed by atoms with Crippen LogP contribution >= 0.6 is 0 Å². The summed E-state index contributed by atoms with van der Waals surface area (Å²) >= 11 is 0. The highest BCUT2D eigenvalue weighted by Crippen LogP contribution is 2.27. The number of amides is 1. The van der Waals surface area contributed by atoms with Gasteiger partial charge in [0.25, 0.3) is 5.91 Å². The molecule has 0 N–H and O–H groups in total. The predicted octanol–water partition coefficient (Wildman–Crippen LogP) is 5.71. The Morgan fingerprint density at radius 2 is 1.41 bits per heavy atom. The van der Waals surface area contributed by atoms with Gasteiger partial charge < -0.3 is 4.90 Å². The number of anilines is 1. The van der Waals surface area contributed by atoms with Crippen LogP contribution in [-0.2, 0) is 6.42 Å². The van der Waals surface area contributed by atoms with E-state index in [9.17, 15) is 4.79 Å². The highest BCUT2D eigenvalue weighted by molar-refractivity contribution is 6.10. The molecule has 0 aromatic heterocycles. The molecule has 1 amide bonds. The average molecular weight is 351 g/mol. The minimum absolute atomic E-state index is 0.00117. The van der Waals surface area contributed by atoms with Gasteiger partial charge in [-0.2, -0.15) is 0 Å². The van der Waals surface area contributed by atoms with Crippen LogP contribution in [0.2, 0.25) is 0 Å². The van der Waals surface area contributed by atoms with Crippen molar-refractivity contribution in [1.82, 2.24) is 0 Å². The second kappa shape index (κ2) is 7.46. The minimum atomic E-state index is 0.00117. The van der Waals surface area contributed by atoms with Crippen molar-refractivity contribution in [3.8, 4) is 0 Å². The lowest BCUT2D eigenvalue weighted by Crippen LogP contribution is -2.26. The monoisotopic (exact) mass is 351 g/mol. The zero-order valence-corrected chi connectivity index (χ0v) is 15.3. The molecule has 0 spiro atoms. The molecule has 4 aromatic rings. The molecule has 132 valence electrons. The lowest BCUT2D eigenvalue weighted by atomic mass is 10.0. The van der Waals surface area contributed by atoms with Gasteiger partial charge in [-0.3, -0.25) is 4.79 Å². The van der Waals surface area contributed by atoms with Gasteiger partial charge in [0.05, 0.1) is 5.69 Å². The standard InChI is InChI=1S/C25H21NO/c1-26(24-16-8-13-21-12-5-6-15-23(21)24)25(27)22-14-7-11-20(18-22)17-19-9-3-2-4-10-19/h2-16,18H,17H2,1H3. The van der Waals surface area contributed by atoms with Crippen LogP contribution in [-0.4, -0.2) is 13.0 Å².